The number of anilines is 1. The van der Waals surface area contributed by atoms with Crippen LogP contribution in [-0.4, -0.2) is 24.7 Å². The standard InChI is InChI=1S/C15H18N6S/c1-9-5-10(2)21(20-9)15-8-16-7-14(19-15)17-6-13-11(3)22-12(4)18-13/h5,7-8H,6H2,1-4H3,(H,17,19). The van der Waals surface area contributed by atoms with Crippen LogP contribution in [0.5, 0.6) is 0 Å². The van der Waals surface area contributed by atoms with Gasteiger partial charge in [-0.1, -0.05) is 0 Å². The van der Waals surface area contributed by atoms with Crippen molar-refractivity contribution in [2.75, 3.05) is 5.32 Å². The van der Waals surface area contributed by atoms with E-state index in [4.69, 9.17) is 0 Å². The van der Waals surface area contributed by atoms with Crippen LogP contribution in [0.1, 0.15) is 27.0 Å². The summed E-state index contributed by atoms with van der Waals surface area (Å²) in [5.41, 5.74) is 3.06. The highest BCUT2D eigenvalue weighted by Crippen LogP contribution is 2.17. The average molecular weight is 314 g/mol. The third-order valence-corrected chi connectivity index (χ3v) is 4.21. The molecule has 0 radical (unpaired) electrons. The lowest BCUT2D eigenvalue weighted by Gasteiger charge is -2.07. The number of rotatable bonds is 4. The first kappa shape index (κ1) is 14.6. The van der Waals surface area contributed by atoms with Crippen molar-refractivity contribution in [3.05, 3.63) is 45.4 Å². The summed E-state index contributed by atoms with van der Waals surface area (Å²) in [5.74, 6) is 1.43. The Hall–Kier alpha value is -2.28. The Morgan fingerprint density at radius 2 is 1.95 bits per heavy atom. The molecule has 3 rings (SSSR count). The molecule has 22 heavy (non-hydrogen) atoms. The zero-order chi connectivity index (χ0) is 15.7. The molecule has 0 atom stereocenters. The van der Waals surface area contributed by atoms with Crippen molar-refractivity contribution in [3.63, 3.8) is 0 Å². The number of nitrogens with one attached hydrogen (secondary N) is 1. The minimum atomic E-state index is 0.644. The van der Waals surface area contributed by atoms with Gasteiger partial charge in [-0.15, -0.1) is 11.3 Å². The molecule has 0 unspecified atom stereocenters. The number of nitrogens with zero attached hydrogens (tertiary/aromatic N) is 5. The molecule has 3 aromatic heterocycles. The maximum atomic E-state index is 4.57. The van der Waals surface area contributed by atoms with Crippen LogP contribution in [0.15, 0.2) is 18.5 Å². The number of aromatic nitrogens is 5. The summed E-state index contributed by atoms with van der Waals surface area (Å²) in [5, 5.41) is 8.79. The number of aryl methyl sites for hydroxylation is 4. The molecule has 6 nitrogen and oxygen atoms in total. The second-order valence-corrected chi connectivity index (χ2v) is 6.60. The summed E-state index contributed by atoms with van der Waals surface area (Å²) >= 11 is 1.71. The van der Waals surface area contributed by atoms with Crippen LogP contribution >= 0.6 is 11.3 Å². The lowest BCUT2D eigenvalue weighted by atomic mass is 10.4. The van der Waals surface area contributed by atoms with Crippen LogP contribution in [0.4, 0.5) is 5.82 Å². The second kappa shape index (κ2) is 5.84. The zero-order valence-electron chi connectivity index (χ0n) is 13.1. The Labute approximate surface area is 133 Å². The van der Waals surface area contributed by atoms with E-state index in [9.17, 15) is 0 Å². The monoisotopic (exact) mass is 314 g/mol. The Morgan fingerprint density at radius 1 is 1.14 bits per heavy atom. The van der Waals surface area contributed by atoms with Crippen molar-refractivity contribution >= 4 is 17.2 Å². The van der Waals surface area contributed by atoms with Crippen LogP contribution in [0.2, 0.25) is 0 Å². The zero-order valence-corrected chi connectivity index (χ0v) is 13.9. The van der Waals surface area contributed by atoms with E-state index in [2.05, 4.69) is 32.3 Å². The van der Waals surface area contributed by atoms with Gasteiger partial charge in [0.15, 0.2) is 5.82 Å². The third kappa shape index (κ3) is 2.99. The summed E-state index contributed by atoms with van der Waals surface area (Å²) in [6, 6.07) is 2.02. The Morgan fingerprint density at radius 3 is 2.59 bits per heavy atom. The molecule has 3 aromatic rings. The van der Waals surface area contributed by atoms with Gasteiger partial charge in [-0.3, -0.25) is 4.98 Å². The fraction of sp³-hybridized carbons (Fsp3) is 0.333. The molecular formula is C15H18N6S. The highest BCUT2D eigenvalue weighted by Gasteiger charge is 2.08. The molecule has 1 N–H and O–H groups in total. The first-order valence-corrected chi connectivity index (χ1v) is 7.87. The van der Waals surface area contributed by atoms with Gasteiger partial charge in [-0.25, -0.2) is 14.6 Å². The van der Waals surface area contributed by atoms with Crippen LogP contribution in [0.25, 0.3) is 5.82 Å². The normalized spacial score (nSPS) is 10.9. The molecule has 0 aliphatic rings. The van der Waals surface area contributed by atoms with Gasteiger partial charge < -0.3 is 5.32 Å². The van der Waals surface area contributed by atoms with Gasteiger partial charge in [-0.05, 0) is 33.8 Å². The SMILES string of the molecule is Cc1cc(C)n(-c2cncc(NCc3nc(C)sc3C)n2)n1. The van der Waals surface area contributed by atoms with E-state index < -0.39 is 0 Å². The summed E-state index contributed by atoms with van der Waals surface area (Å²) in [4.78, 5) is 14.6. The van der Waals surface area contributed by atoms with Gasteiger partial charge in [0.05, 0.1) is 35.3 Å². The van der Waals surface area contributed by atoms with Crippen LogP contribution in [-0.2, 0) is 6.54 Å². The van der Waals surface area contributed by atoms with Crippen molar-refractivity contribution in [3.8, 4) is 5.82 Å². The summed E-state index contributed by atoms with van der Waals surface area (Å²) in [6.07, 6.45) is 3.42. The minimum absolute atomic E-state index is 0.644. The van der Waals surface area contributed by atoms with Crippen molar-refractivity contribution in [2.24, 2.45) is 0 Å². The van der Waals surface area contributed by atoms with Gasteiger partial charge in [0.2, 0.25) is 0 Å². The topological polar surface area (TPSA) is 68.5 Å². The van der Waals surface area contributed by atoms with Gasteiger partial charge in [0, 0.05) is 10.6 Å². The minimum Gasteiger partial charge on any atom is -0.363 e. The molecular weight excluding hydrogens is 296 g/mol. The predicted molar refractivity (Wildman–Crippen MR) is 87.5 cm³/mol. The molecule has 3 heterocycles. The lowest BCUT2D eigenvalue weighted by Crippen LogP contribution is -2.07. The van der Waals surface area contributed by atoms with Gasteiger partial charge in [0.1, 0.15) is 5.82 Å². The maximum absolute atomic E-state index is 4.57. The molecule has 114 valence electrons. The third-order valence-electron chi connectivity index (χ3n) is 3.28. The number of thiazole rings is 1. The van der Waals surface area contributed by atoms with Gasteiger partial charge in [-0.2, -0.15) is 5.10 Å². The fourth-order valence-electron chi connectivity index (χ4n) is 2.31. The van der Waals surface area contributed by atoms with Crippen molar-refractivity contribution in [1.82, 2.24) is 24.7 Å². The predicted octanol–water partition coefficient (Wildman–Crippen LogP) is 2.96. The first-order chi connectivity index (χ1) is 10.5. The fourth-order valence-corrected chi connectivity index (χ4v) is 3.15. The molecule has 0 spiro atoms. The number of hydrogen-bond acceptors (Lipinski definition) is 6. The van der Waals surface area contributed by atoms with E-state index in [0.29, 0.717) is 12.4 Å². The summed E-state index contributed by atoms with van der Waals surface area (Å²) in [7, 11) is 0. The van der Waals surface area contributed by atoms with E-state index >= 15 is 0 Å². The molecule has 0 saturated heterocycles. The van der Waals surface area contributed by atoms with E-state index in [-0.39, 0.29) is 0 Å². The van der Waals surface area contributed by atoms with E-state index in [0.717, 1.165) is 27.9 Å². The second-order valence-electron chi connectivity index (χ2n) is 5.19. The van der Waals surface area contributed by atoms with Crippen LogP contribution in [0.3, 0.4) is 0 Å². The largest absolute Gasteiger partial charge is 0.363 e. The lowest BCUT2D eigenvalue weighted by molar-refractivity contribution is 0.799. The Kier molecular flexibility index (Phi) is 3.89. The van der Waals surface area contributed by atoms with E-state index in [1.165, 1.54) is 4.88 Å². The number of hydrogen-bond donors (Lipinski definition) is 1. The molecule has 0 aliphatic carbocycles. The summed E-state index contributed by atoms with van der Waals surface area (Å²) < 4.78 is 1.80. The Bertz CT molecular complexity index is 804. The van der Waals surface area contributed by atoms with Gasteiger partial charge >= 0.3 is 0 Å². The van der Waals surface area contributed by atoms with Crippen LogP contribution in [0, 0.1) is 27.7 Å². The van der Waals surface area contributed by atoms with Gasteiger partial charge in [0.25, 0.3) is 0 Å². The molecule has 0 amide bonds. The highest BCUT2D eigenvalue weighted by molar-refractivity contribution is 7.11. The average Bonchev–Trinajstić information content (AvgIpc) is 2.98. The molecule has 0 fully saturated rings. The first-order valence-electron chi connectivity index (χ1n) is 7.05. The highest BCUT2D eigenvalue weighted by atomic mass is 32.1. The van der Waals surface area contributed by atoms with Crippen molar-refractivity contribution in [2.45, 2.75) is 34.2 Å². The molecule has 7 heteroatoms. The van der Waals surface area contributed by atoms with Crippen LogP contribution < -0.4 is 5.32 Å². The van der Waals surface area contributed by atoms with Crippen molar-refractivity contribution in [1.29, 1.82) is 0 Å². The smallest absolute Gasteiger partial charge is 0.174 e. The molecule has 0 aliphatic heterocycles. The summed E-state index contributed by atoms with van der Waals surface area (Å²) in [6.45, 7) is 8.71. The van der Waals surface area contributed by atoms with E-state index in [1.54, 1.807) is 28.4 Å². The Balaban J connectivity index is 1.79. The van der Waals surface area contributed by atoms with E-state index in [1.807, 2.05) is 26.8 Å². The molecule has 0 saturated carbocycles. The molecule has 0 bridgehead atoms. The maximum Gasteiger partial charge on any atom is 0.174 e. The van der Waals surface area contributed by atoms with Crippen molar-refractivity contribution < 1.29 is 0 Å². The molecule has 0 aromatic carbocycles. The quantitative estimate of drug-likeness (QED) is 0.802.